The van der Waals surface area contributed by atoms with Gasteiger partial charge in [-0.1, -0.05) is 17.7 Å². The van der Waals surface area contributed by atoms with E-state index < -0.39 is 10.0 Å². The standard InChI is InChI=1S/C15H21N3O2S/c1-13-3-5-15(6-4-13)21(19,20)18-9-7-17(8-10-18)12-14(2)11-16/h3-6,14H,7-10,12H2,1-2H3/t14-/m1/s1. The van der Waals surface area contributed by atoms with Gasteiger partial charge in [0.15, 0.2) is 0 Å². The van der Waals surface area contributed by atoms with Crippen molar-refractivity contribution in [2.45, 2.75) is 18.7 Å². The van der Waals surface area contributed by atoms with Crippen molar-refractivity contribution in [1.29, 1.82) is 5.26 Å². The van der Waals surface area contributed by atoms with Gasteiger partial charge in [0.1, 0.15) is 0 Å². The van der Waals surface area contributed by atoms with Crippen molar-refractivity contribution in [3.05, 3.63) is 29.8 Å². The Morgan fingerprint density at radius 1 is 1.19 bits per heavy atom. The van der Waals surface area contributed by atoms with Crippen LogP contribution in [0.4, 0.5) is 0 Å². The Balaban J connectivity index is 2.01. The van der Waals surface area contributed by atoms with Crippen LogP contribution in [0.5, 0.6) is 0 Å². The first-order chi connectivity index (χ1) is 9.93. The Kier molecular flexibility index (Phi) is 4.99. The zero-order chi connectivity index (χ0) is 15.5. The van der Waals surface area contributed by atoms with E-state index in [2.05, 4.69) is 11.0 Å². The van der Waals surface area contributed by atoms with Crippen LogP contribution in [0.25, 0.3) is 0 Å². The first-order valence-corrected chi connectivity index (χ1v) is 8.56. The summed E-state index contributed by atoms with van der Waals surface area (Å²) in [6.07, 6.45) is 0. The monoisotopic (exact) mass is 307 g/mol. The summed E-state index contributed by atoms with van der Waals surface area (Å²) < 4.78 is 26.6. The lowest BCUT2D eigenvalue weighted by Gasteiger charge is -2.34. The van der Waals surface area contributed by atoms with Crippen molar-refractivity contribution < 1.29 is 8.42 Å². The third-order valence-corrected chi connectivity index (χ3v) is 5.66. The normalized spacial score (nSPS) is 19.1. The molecule has 0 N–H and O–H groups in total. The van der Waals surface area contributed by atoms with Gasteiger partial charge in [0.2, 0.25) is 10.0 Å². The predicted octanol–water partition coefficient (Wildman–Crippen LogP) is 1.46. The molecule has 0 radical (unpaired) electrons. The van der Waals surface area contributed by atoms with Gasteiger partial charge in [-0.15, -0.1) is 0 Å². The second-order valence-corrected chi connectivity index (χ2v) is 7.49. The van der Waals surface area contributed by atoms with Crippen LogP contribution in [-0.2, 0) is 10.0 Å². The molecule has 0 aromatic heterocycles. The molecule has 1 atom stereocenters. The van der Waals surface area contributed by atoms with Crippen LogP contribution in [0.15, 0.2) is 29.2 Å². The highest BCUT2D eigenvalue weighted by molar-refractivity contribution is 7.89. The molecule has 0 aliphatic carbocycles. The van der Waals surface area contributed by atoms with Gasteiger partial charge in [-0.3, -0.25) is 4.90 Å². The molecule has 6 heteroatoms. The molecule has 1 heterocycles. The summed E-state index contributed by atoms with van der Waals surface area (Å²) >= 11 is 0. The van der Waals surface area contributed by atoms with Crippen LogP contribution < -0.4 is 0 Å². The van der Waals surface area contributed by atoms with E-state index in [1.165, 1.54) is 4.31 Å². The number of hydrogen-bond acceptors (Lipinski definition) is 4. The van der Waals surface area contributed by atoms with E-state index in [4.69, 9.17) is 5.26 Å². The van der Waals surface area contributed by atoms with Crippen molar-refractivity contribution >= 4 is 10.0 Å². The highest BCUT2D eigenvalue weighted by atomic mass is 32.2. The Morgan fingerprint density at radius 2 is 1.76 bits per heavy atom. The predicted molar refractivity (Wildman–Crippen MR) is 81.2 cm³/mol. The summed E-state index contributed by atoms with van der Waals surface area (Å²) in [7, 11) is -3.39. The van der Waals surface area contributed by atoms with Crippen molar-refractivity contribution in [2.75, 3.05) is 32.7 Å². The maximum absolute atomic E-state index is 12.5. The molecule has 0 amide bonds. The molecule has 1 aliphatic heterocycles. The largest absolute Gasteiger partial charge is 0.299 e. The Hall–Kier alpha value is -1.42. The van der Waals surface area contributed by atoms with E-state index in [9.17, 15) is 8.42 Å². The molecule has 0 saturated carbocycles. The second kappa shape index (κ2) is 6.56. The first kappa shape index (κ1) is 16.0. The minimum atomic E-state index is -3.39. The van der Waals surface area contributed by atoms with Crippen LogP contribution in [0.1, 0.15) is 12.5 Å². The zero-order valence-electron chi connectivity index (χ0n) is 12.5. The van der Waals surface area contributed by atoms with E-state index in [-0.39, 0.29) is 5.92 Å². The van der Waals surface area contributed by atoms with Gasteiger partial charge >= 0.3 is 0 Å². The first-order valence-electron chi connectivity index (χ1n) is 7.12. The summed E-state index contributed by atoms with van der Waals surface area (Å²) in [6.45, 7) is 6.84. The lowest BCUT2D eigenvalue weighted by molar-refractivity contribution is 0.178. The summed E-state index contributed by atoms with van der Waals surface area (Å²) in [5.74, 6) is -0.0229. The molecule has 1 aromatic rings. The Labute approximate surface area is 126 Å². The van der Waals surface area contributed by atoms with E-state index >= 15 is 0 Å². The molecule has 2 rings (SSSR count). The topological polar surface area (TPSA) is 64.4 Å². The smallest absolute Gasteiger partial charge is 0.243 e. The number of sulfonamides is 1. The molecule has 0 unspecified atom stereocenters. The van der Waals surface area contributed by atoms with Gasteiger partial charge in [0.05, 0.1) is 16.9 Å². The molecule has 1 aliphatic rings. The fraction of sp³-hybridized carbons (Fsp3) is 0.533. The van der Waals surface area contributed by atoms with E-state index in [1.54, 1.807) is 12.1 Å². The van der Waals surface area contributed by atoms with E-state index in [1.807, 2.05) is 26.0 Å². The van der Waals surface area contributed by atoms with Crippen LogP contribution in [-0.4, -0.2) is 50.3 Å². The summed E-state index contributed by atoms with van der Waals surface area (Å²) in [5.41, 5.74) is 1.05. The van der Waals surface area contributed by atoms with Gasteiger partial charge < -0.3 is 0 Å². The van der Waals surface area contributed by atoms with Gasteiger partial charge in [-0.25, -0.2) is 8.42 Å². The van der Waals surface area contributed by atoms with Crippen molar-refractivity contribution in [3.8, 4) is 6.07 Å². The maximum atomic E-state index is 12.5. The third-order valence-electron chi connectivity index (χ3n) is 3.74. The van der Waals surface area contributed by atoms with Crippen molar-refractivity contribution in [2.24, 2.45) is 5.92 Å². The van der Waals surface area contributed by atoms with Gasteiger partial charge in [0, 0.05) is 32.7 Å². The number of benzene rings is 1. The lowest BCUT2D eigenvalue weighted by Crippen LogP contribution is -2.49. The van der Waals surface area contributed by atoms with Gasteiger partial charge in [-0.05, 0) is 26.0 Å². The van der Waals surface area contributed by atoms with Gasteiger partial charge in [0.25, 0.3) is 0 Å². The molecular formula is C15H21N3O2S. The van der Waals surface area contributed by atoms with Crippen LogP contribution in [0, 0.1) is 24.2 Å². The molecule has 0 bridgehead atoms. The molecule has 21 heavy (non-hydrogen) atoms. The number of rotatable bonds is 4. The summed E-state index contributed by atoms with van der Waals surface area (Å²) in [4.78, 5) is 2.50. The van der Waals surface area contributed by atoms with Crippen molar-refractivity contribution in [3.63, 3.8) is 0 Å². The average molecular weight is 307 g/mol. The second-order valence-electron chi connectivity index (χ2n) is 5.55. The Morgan fingerprint density at radius 3 is 2.29 bits per heavy atom. The number of hydrogen-bond donors (Lipinski definition) is 0. The molecule has 114 valence electrons. The molecule has 1 aromatic carbocycles. The van der Waals surface area contributed by atoms with Gasteiger partial charge in [-0.2, -0.15) is 9.57 Å². The minimum Gasteiger partial charge on any atom is -0.299 e. The summed E-state index contributed by atoms with van der Waals surface area (Å²) in [6, 6.07) is 9.17. The molecule has 5 nitrogen and oxygen atoms in total. The van der Waals surface area contributed by atoms with Crippen LogP contribution in [0.3, 0.4) is 0 Å². The fourth-order valence-corrected chi connectivity index (χ4v) is 3.86. The SMILES string of the molecule is Cc1ccc(S(=O)(=O)N2CCN(C[C@H](C)C#N)CC2)cc1. The number of nitrogens with zero attached hydrogens (tertiary/aromatic N) is 3. The number of aryl methyl sites for hydroxylation is 1. The average Bonchev–Trinajstić information content (AvgIpc) is 2.48. The quantitative estimate of drug-likeness (QED) is 0.845. The number of piperazine rings is 1. The Bertz CT molecular complexity index is 611. The zero-order valence-corrected chi connectivity index (χ0v) is 13.3. The number of nitriles is 1. The van der Waals surface area contributed by atoms with Crippen LogP contribution in [0.2, 0.25) is 0 Å². The minimum absolute atomic E-state index is 0.0229. The molecule has 1 fully saturated rings. The lowest BCUT2D eigenvalue weighted by atomic mass is 10.2. The maximum Gasteiger partial charge on any atom is 0.243 e. The molecule has 0 spiro atoms. The molecule has 1 saturated heterocycles. The van der Waals surface area contributed by atoms with E-state index in [0.717, 1.165) is 5.56 Å². The third kappa shape index (κ3) is 3.82. The van der Waals surface area contributed by atoms with Crippen LogP contribution >= 0.6 is 0 Å². The van der Waals surface area contributed by atoms with Crippen molar-refractivity contribution in [1.82, 2.24) is 9.21 Å². The highest BCUT2D eigenvalue weighted by Crippen LogP contribution is 2.18. The highest BCUT2D eigenvalue weighted by Gasteiger charge is 2.28. The summed E-state index contributed by atoms with van der Waals surface area (Å²) in [5, 5.41) is 8.83. The van der Waals surface area contributed by atoms with E-state index in [0.29, 0.717) is 37.6 Å². The molecular weight excluding hydrogens is 286 g/mol. The fourth-order valence-electron chi connectivity index (χ4n) is 2.44.